The minimum atomic E-state index is -0.848. The molecule has 1 atom stereocenters. The molecule has 0 aromatic carbocycles. The van der Waals surface area contributed by atoms with Gasteiger partial charge in [-0.05, 0) is 19.8 Å². The van der Waals surface area contributed by atoms with E-state index in [2.05, 4.69) is 31.0 Å². The maximum Gasteiger partial charge on any atom is 0.313 e. The molecule has 1 N–H and O–H groups in total. The van der Waals surface area contributed by atoms with Crippen molar-refractivity contribution >= 4 is 17.7 Å². The van der Waals surface area contributed by atoms with E-state index in [9.17, 15) is 4.79 Å². The zero-order valence-corrected chi connectivity index (χ0v) is 12.9. The Kier molecular flexibility index (Phi) is 4.70. The van der Waals surface area contributed by atoms with Crippen LogP contribution in [0.4, 0.5) is 0 Å². The van der Waals surface area contributed by atoms with E-state index in [1.165, 1.54) is 11.8 Å². The average molecular weight is 299 g/mol. The van der Waals surface area contributed by atoms with E-state index in [0.29, 0.717) is 11.7 Å². The van der Waals surface area contributed by atoms with Gasteiger partial charge in [-0.3, -0.25) is 4.79 Å². The molecule has 2 heterocycles. The monoisotopic (exact) mass is 299 g/mol. The Labute approximate surface area is 122 Å². The number of hydrogen-bond donors (Lipinski definition) is 1. The van der Waals surface area contributed by atoms with Crippen molar-refractivity contribution in [3.05, 3.63) is 5.82 Å². The van der Waals surface area contributed by atoms with E-state index in [1.54, 1.807) is 0 Å². The molecule has 6 nitrogen and oxygen atoms in total. The molecule has 20 heavy (non-hydrogen) atoms. The van der Waals surface area contributed by atoms with Crippen molar-refractivity contribution in [2.45, 2.75) is 56.8 Å². The van der Waals surface area contributed by atoms with E-state index in [1.807, 2.05) is 4.57 Å². The Morgan fingerprint density at radius 1 is 1.55 bits per heavy atom. The highest BCUT2D eigenvalue weighted by Gasteiger charge is 2.32. The van der Waals surface area contributed by atoms with Crippen LogP contribution in [0.25, 0.3) is 0 Å². The molecule has 0 radical (unpaired) electrons. The van der Waals surface area contributed by atoms with Crippen molar-refractivity contribution in [3.8, 4) is 0 Å². The molecular weight excluding hydrogens is 278 g/mol. The lowest BCUT2D eigenvalue weighted by atomic mass is 10.0. The highest BCUT2D eigenvalue weighted by molar-refractivity contribution is 7.99. The fraction of sp³-hybridized carbons (Fsp3) is 0.769. The number of ether oxygens (including phenoxy) is 1. The third-order valence-corrected chi connectivity index (χ3v) is 4.33. The van der Waals surface area contributed by atoms with Gasteiger partial charge in [-0.15, -0.1) is 10.2 Å². The van der Waals surface area contributed by atoms with Crippen LogP contribution >= 0.6 is 11.8 Å². The van der Waals surface area contributed by atoms with Crippen molar-refractivity contribution in [1.29, 1.82) is 0 Å². The molecule has 0 amide bonds. The molecule has 1 aliphatic rings. The predicted octanol–water partition coefficient (Wildman–Crippen LogP) is 2.15. The average Bonchev–Trinajstić information content (AvgIpc) is 2.94. The molecule has 1 aromatic rings. The van der Waals surface area contributed by atoms with Crippen molar-refractivity contribution in [3.63, 3.8) is 0 Å². The Bertz CT molecular complexity index is 481. The van der Waals surface area contributed by atoms with Gasteiger partial charge < -0.3 is 14.4 Å². The maximum absolute atomic E-state index is 10.7. The van der Waals surface area contributed by atoms with Crippen LogP contribution in [0.15, 0.2) is 5.16 Å². The number of carboxylic acid groups (broad SMARTS) is 1. The third-order valence-electron chi connectivity index (χ3n) is 3.38. The largest absolute Gasteiger partial charge is 0.481 e. The Morgan fingerprint density at radius 3 is 2.85 bits per heavy atom. The fourth-order valence-electron chi connectivity index (χ4n) is 2.40. The summed E-state index contributed by atoms with van der Waals surface area (Å²) in [6, 6.07) is 0. The number of carboxylic acids is 1. The summed E-state index contributed by atoms with van der Waals surface area (Å²) < 4.78 is 7.84. The molecule has 1 aromatic heterocycles. The molecule has 1 fully saturated rings. The topological polar surface area (TPSA) is 77.2 Å². The summed E-state index contributed by atoms with van der Waals surface area (Å²) in [5.41, 5.74) is -0.204. The standard InChI is InChI=1S/C13H21N3O3S/c1-9(2)11-14-15-12(20-7-10(17)18)16(11)8-13(3)5-4-6-19-13/h9H,4-8H2,1-3H3,(H,17,18). The second-order valence-electron chi connectivity index (χ2n) is 5.67. The fourth-order valence-corrected chi connectivity index (χ4v) is 3.07. The lowest BCUT2D eigenvalue weighted by Gasteiger charge is -2.25. The summed E-state index contributed by atoms with van der Waals surface area (Å²) in [6.45, 7) is 7.67. The molecule has 7 heteroatoms. The van der Waals surface area contributed by atoms with Crippen LogP contribution in [0.1, 0.15) is 45.4 Å². The van der Waals surface area contributed by atoms with Gasteiger partial charge in [0.25, 0.3) is 0 Å². The van der Waals surface area contributed by atoms with Crippen molar-refractivity contribution in [2.75, 3.05) is 12.4 Å². The normalized spacial score (nSPS) is 22.6. The van der Waals surface area contributed by atoms with E-state index < -0.39 is 5.97 Å². The van der Waals surface area contributed by atoms with E-state index in [4.69, 9.17) is 9.84 Å². The lowest BCUT2D eigenvalue weighted by Crippen LogP contribution is -2.31. The van der Waals surface area contributed by atoms with Crippen LogP contribution in [0, 0.1) is 0 Å². The lowest BCUT2D eigenvalue weighted by molar-refractivity contribution is -0.133. The van der Waals surface area contributed by atoms with Crippen LogP contribution in [-0.4, -0.2) is 43.8 Å². The first kappa shape index (κ1) is 15.3. The summed E-state index contributed by atoms with van der Waals surface area (Å²) in [5.74, 6) is 0.272. The summed E-state index contributed by atoms with van der Waals surface area (Å²) >= 11 is 1.21. The zero-order chi connectivity index (χ0) is 14.8. The number of aliphatic carboxylic acids is 1. The zero-order valence-electron chi connectivity index (χ0n) is 12.1. The van der Waals surface area contributed by atoms with Gasteiger partial charge in [-0.25, -0.2) is 0 Å². The number of thioether (sulfide) groups is 1. The molecule has 112 valence electrons. The third kappa shape index (κ3) is 3.52. The molecule has 0 bridgehead atoms. The number of aromatic nitrogens is 3. The van der Waals surface area contributed by atoms with Crippen molar-refractivity contribution < 1.29 is 14.6 Å². The second-order valence-corrected chi connectivity index (χ2v) is 6.61. The van der Waals surface area contributed by atoms with Crippen LogP contribution in [0.2, 0.25) is 0 Å². The van der Waals surface area contributed by atoms with Gasteiger partial charge in [0.05, 0.1) is 17.9 Å². The van der Waals surface area contributed by atoms with E-state index in [0.717, 1.165) is 25.3 Å². The Morgan fingerprint density at radius 2 is 2.30 bits per heavy atom. The van der Waals surface area contributed by atoms with Crippen LogP contribution in [0.3, 0.4) is 0 Å². The molecule has 1 unspecified atom stereocenters. The molecule has 2 rings (SSSR count). The van der Waals surface area contributed by atoms with Crippen LogP contribution in [0.5, 0.6) is 0 Å². The van der Waals surface area contributed by atoms with Crippen molar-refractivity contribution in [2.24, 2.45) is 0 Å². The summed E-state index contributed by atoms with van der Waals surface area (Å²) in [7, 11) is 0. The van der Waals surface area contributed by atoms with Gasteiger partial charge in [0.15, 0.2) is 5.16 Å². The number of rotatable bonds is 6. The number of hydrogen-bond acceptors (Lipinski definition) is 5. The minimum Gasteiger partial charge on any atom is -0.481 e. The number of nitrogens with zero attached hydrogens (tertiary/aromatic N) is 3. The summed E-state index contributed by atoms with van der Waals surface area (Å²) in [6.07, 6.45) is 2.07. The van der Waals surface area contributed by atoms with Gasteiger partial charge in [0, 0.05) is 12.5 Å². The molecule has 0 saturated carbocycles. The maximum atomic E-state index is 10.7. The SMILES string of the molecule is CC(C)c1nnc(SCC(=O)O)n1CC1(C)CCCO1. The predicted molar refractivity (Wildman–Crippen MR) is 76.1 cm³/mol. The molecule has 0 spiro atoms. The Hall–Kier alpha value is -1.08. The van der Waals surface area contributed by atoms with Crippen molar-refractivity contribution in [1.82, 2.24) is 14.8 Å². The van der Waals surface area contributed by atoms with Crippen LogP contribution < -0.4 is 0 Å². The quantitative estimate of drug-likeness (QED) is 0.811. The van der Waals surface area contributed by atoms with Gasteiger partial charge in [-0.1, -0.05) is 25.6 Å². The highest BCUT2D eigenvalue weighted by Crippen LogP contribution is 2.30. The summed E-state index contributed by atoms with van der Waals surface area (Å²) in [5, 5.41) is 17.8. The van der Waals surface area contributed by atoms with Gasteiger partial charge >= 0.3 is 5.97 Å². The molecular formula is C13H21N3O3S. The first-order valence-corrected chi connectivity index (χ1v) is 7.81. The van der Waals surface area contributed by atoms with Gasteiger partial charge in [0.2, 0.25) is 0 Å². The molecule has 1 aliphatic heterocycles. The smallest absolute Gasteiger partial charge is 0.313 e. The van der Waals surface area contributed by atoms with E-state index in [-0.39, 0.29) is 17.3 Å². The van der Waals surface area contributed by atoms with Crippen LogP contribution in [-0.2, 0) is 16.1 Å². The first-order chi connectivity index (χ1) is 9.41. The molecule has 1 saturated heterocycles. The Balaban J connectivity index is 2.22. The first-order valence-electron chi connectivity index (χ1n) is 6.83. The van der Waals surface area contributed by atoms with Gasteiger partial charge in [0.1, 0.15) is 5.82 Å². The molecule has 0 aliphatic carbocycles. The number of carbonyl (C=O) groups is 1. The summed E-state index contributed by atoms with van der Waals surface area (Å²) in [4.78, 5) is 10.7. The second kappa shape index (κ2) is 6.13. The van der Waals surface area contributed by atoms with E-state index >= 15 is 0 Å². The highest BCUT2D eigenvalue weighted by atomic mass is 32.2. The van der Waals surface area contributed by atoms with Gasteiger partial charge in [-0.2, -0.15) is 0 Å². The minimum absolute atomic E-state index is 0.00615.